The first kappa shape index (κ1) is 18.7. The molecule has 0 unspecified atom stereocenters. The van der Waals surface area contributed by atoms with E-state index >= 15 is 0 Å². The molecule has 1 aromatic heterocycles. The smallest absolute Gasteiger partial charge is 0.182 e. The molecule has 4 nitrogen and oxygen atoms in total. The van der Waals surface area contributed by atoms with Gasteiger partial charge in [0.15, 0.2) is 4.80 Å². The Labute approximate surface area is 168 Å². The van der Waals surface area contributed by atoms with Crippen LogP contribution in [0.2, 0.25) is 5.02 Å². The van der Waals surface area contributed by atoms with Crippen LogP contribution in [0.25, 0.3) is 10.2 Å². The molecular weight excluding hydrogens is 378 g/mol. The minimum absolute atomic E-state index is 0.428. The van der Waals surface area contributed by atoms with Gasteiger partial charge in [-0.1, -0.05) is 53.3 Å². The summed E-state index contributed by atoms with van der Waals surface area (Å²) >= 11 is 7.57. The quantitative estimate of drug-likeness (QED) is 0.670. The molecule has 2 aromatic carbocycles. The van der Waals surface area contributed by atoms with Crippen molar-refractivity contribution in [2.24, 2.45) is 5.92 Å². The van der Waals surface area contributed by atoms with Crippen LogP contribution in [0.15, 0.2) is 48.5 Å². The number of nitrogens with one attached hydrogen (secondary N) is 1. The largest absolute Gasteiger partial charge is 0.387 e. The highest BCUT2D eigenvalue weighted by Crippen LogP contribution is 2.26. The molecule has 0 spiro atoms. The number of fused-ring (bicyclic) bond motifs is 1. The van der Waals surface area contributed by atoms with E-state index in [0.29, 0.717) is 17.3 Å². The van der Waals surface area contributed by atoms with Gasteiger partial charge in [0.2, 0.25) is 0 Å². The Kier molecular flexibility index (Phi) is 5.64. The van der Waals surface area contributed by atoms with Gasteiger partial charge in [-0.3, -0.25) is 5.41 Å². The number of β-amino-alcohol motifs (C(OH)–C–C–N with tert-alkyl or cyclic N) is 1. The third-order valence-electron chi connectivity index (χ3n) is 5.43. The molecule has 0 bridgehead atoms. The lowest BCUT2D eigenvalue weighted by molar-refractivity contribution is 0.0867. The number of aliphatic hydroxyl groups excluding tert-OH is 1. The summed E-state index contributed by atoms with van der Waals surface area (Å²) in [5.74, 6) is 0.567. The number of nitrogens with zero attached hydrogens (tertiary/aromatic N) is 2. The molecule has 3 aromatic rings. The van der Waals surface area contributed by atoms with Crippen LogP contribution in [0.4, 0.5) is 0 Å². The van der Waals surface area contributed by atoms with Gasteiger partial charge in [-0.15, -0.1) is 0 Å². The number of rotatable bonds is 5. The summed E-state index contributed by atoms with van der Waals surface area (Å²) in [5.41, 5.74) is 2.09. The third kappa shape index (κ3) is 4.27. The van der Waals surface area contributed by atoms with E-state index in [2.05, 4.69) is 9.47 Å². The average molecular weight is 402 g/mol. The van der Waals surface area contributed by atoms with E-state index in [1.54, 1.807) is 0 Å². The van der Waals surface area contributed by atoms with Gasteiger partial charge in [0.25, 0.3) is 0 Å². The van der Waals surface area contributed by atoms with Gasteiger partial charge in [-0.2, -0.15) is 0 Å². The van der Waals surface area contributed by atoms with Crippen LogP contribution in [-0.2, 0) is 6.54 Å². The number of piperidine rings is 1. The predicted molar refractivity (Wildman–Crippen MR) is 111 cm³/mol. The van der Waals surface area contributed by atoms with E-state index < -0.39 is 6.10 Å². The second-order valence-corrected chi connectivity index (χ2v) is 8.77. The van der Waals surface area contributed by atoms with Crippen molar-refractivity contribution < 1.29 is 5.11 Å². The normalized spacial score (nSPS) is 17.4. The molecule has 4 rings (SSSR count). The second kappa shape index (κ2) is 8.15. The van der Waals surface area contributed by atoms with Gasteiger partial charge in [0.05, 0.1) is 16.3 Å². The van der Waals surface area contributed by atoms with Gasteiger partial charge in [0.1, 0.15) is 0 Å². The summed E-state index contributed by atoms with van der Waals surface area (Å²) in [5, 5.41) is 19.5. The maximum absolute atomic E-state index is 10.4. The zero-order chi connectivity index (χ0) is 18.8. The number of thiazole rings is 1. The van der Waals surface area contributed by atoms with E-state index in [4.69, 9.17) is 17.0 Å². The molecule has 0 amide bonds. The fourth-order valence-electron chi connectivity index (χ4n) is 3.88. The summed E-state index contributed by atoms with van der Waals surface area (Å²) in [4.78, 5) is 2.94. The molecule has 0 aliphatic carbocycles. The van der Waals surface area contributed by atoms with Crippen molar-refractivity contribution in [3.05, 3.63) is 63.9 Å². The fourth-order valence-corrected chi connectivity index (χ4v) is 5.07. The van der Waals surface area contributed by atoms with Crippen LogP contribution < -0.4 is 4.80 Å². The second-order valence-electron chi connectivity index (χ2n) is 7.30. The Morgan fingerprint density at radius 1 is 1.15 bits per heavy atom. The summed E-state index contributed by atoms with van der Waals surface area (Å²) in [6.07, 6.45) is 1.76. The Balaban J connectivity index is 1.36. The molecule has 0 radical (unpaired) electrons. The van der Waals surface area contributed by atoms with Gasteiger partial charge < -0.3 is 14.6 Å². The van der Waals surface area contributed by atoms with E-state index in [1.807, 2.05) is 48.5 Å². The number of hydrogen-bond donors (Lipinski definition) is 2. The van der Waals surface area contributed by atoms with E-state index in [9.17, 15) is 5.11 Å². The van der Waals surface area contributed by atoms with Crippen molar-refractivity contribution in [3.63, 3.8) is 0 Å². The number of aliphatic hydroxyl groups is 1. The van der Waals surface area contributed by atoms with Crippen molar-refractivity contribution in [3.8, 4) is 0 Å². The maximum atomic E-state index is 10.4. The molecule has 2 N–H and O–H groups in total. The Hall–Kier alpha value is -1.66. The molecule has 2 heterocycles. The number of aromatic nitrogens is 1. The lowest BCUT2D eigenvalue weighted by Gasteiger charge is -2.33. The van der Waals surface area contributed by atoms with Crippen molar-refractivity contribution in [2.75, 3.05) is 19.6 Å². The van der Waals surface area contributed by atoms with Crippen LogP contribution >= 0.6 is 22.9 Å². The fraction of sp³-hybridized carbons (Fsp3) is 0.381. The summed E-state index contributed by atoms with van der Waals surface area (Å²) < 4.78 is 3.20. The van der Waals surface area contributed by atoms with Gasteiger partial charge >= 0.3 is 0 Å². The monoisotopic (exact) mass is 401 g/mol. The van der Waals surface area contributed by atoms with Crippen LogP contribution in [0.3, 0.4) is 0 Å². The number of likely N-dealkylation sites (tertiary alicyclic amines) is 1. The SMILES string of the molecule is N=c1sc2cc(Cl)ccc2n1CC1CCN(C[C@H](O)c2ccccc2)CC1. The average Bonchev–Trinajstić information content (AvgIpc) is 2.98. The topological polar surface area (TPSA) is 52.2 Å². The van der Waals surface area contributed by atoms with E-state index in [0.717, 1.165) is 53.3 Å². The van der Waals surface area contributed by atoms with E-state index in [-0.39, 0.29) is 0 Å². The molecule has 1 aliphatic rings. The minimum Gasteiger partial charge on any atom is -0.387 e. The third-order valence-corrected chi connectivity index (χ3v) is 6.62. The summed E-state index contributed by atoms with van der Waals surface area (Å²) in [7, 11) is 0. The van der Waals surface area contributed by atoms with Crippen molar-refractivity contribution in [1.29, 1.82) is 5.41 Å². The molecule has 1 atom stereocenters. The molecule has 1 aliphatic heterocycles. The van der Waals surface area contributed by atoms with Crippen LogP contribution in [0.5, 0.6) is 0 Å². The lowest BCUT2D eigenvalue weighted by atomic mass is 9.96. The van der Waals surface area contributed by atoms with E-state index in [1.165, 1.54) is 11.3 Å². The summed E-state index contributed by atoms with van der Waals surface area (Å²) in [6.45, 7) is 3.57. The van der Waals surface area contributed by atoms with Crippen LogP contribution in [0.1, 0.15) is 24.5 Å². The minimum atomic E-state index is -0.428. The standard InChI is InChI=1S/C21H24ClN3OS/c22-17-6-7-18-20(12-17)27-21(23)25(18)13-15-8-10-24(11-9-15)14-19(26)16-4-2-1-3-5-16/h1-7,12,15,19,23,26H,8-11,13-14H2/t19-/m0/s1. The van der Waals surface area contributed by atoms with Crippen molar-refractivity contribution in [2.45, 2.75) is 25.5 Å². The van der Waals surface area contributed by atoms with Crippen LogP contribution in [-0.4, -0.2) is 34.2 Å². The first-order valence-electron chi connectivity index (χ1n) is 9.39. The number of hydrogen-bond acceptors (Lipinski definition) is 4. The first-order valence-corrected chi connectivity index (χ1v) is 10.6. The number of benzene rings is 2. The maximum Gasteiger partial charge on any atom is 0.182 e. The van der Waals surface area contributed by atoms with Crippen LogP contribution in [0, 0.1) is 11.3 Å². The summed E-state index contributed by atoms with van der Waals surface area (Å²) in [6, 6.07) is 15.8. The highest BCUT2D eigenvalue weighted by atomic mass is 35.5. The molecule has 0 saturated carbocycles. The zero-order valence-electron chi connectivity index (χ0n) is 15.1. The Morgan fingerprint density at radius 3 is 2.63 bits per heavy atom. The van der Waals surface area contributed by atoms with Gasteiger partial charge in [-0.25, -0.2) is 0 Å². The molecule has 142 valence electrons. The first-order chi connectivity index (χ1) is 13.1. The highest BCUT2D eigenvalue weighted by Gasteiger charge is 2.22. The van der Waals surface area contributed by atoms with Crippen molar-refractivity contribution >= 4 is 33.2 Å². The molecule has 6 heteroatoms. The lowest BCUT2D eigenvalue weighted by Crippen LogP contribution is -2.38. The Bertz CT molecular complexity index is 960. The number of halogens is 1. The van der Waals surface area contributed by atoms with Crippen molar-refractivity contribution in [1.82, 2.24) is 9.47 Å². The zero-order valence-corrected chi connectivity index (χ0v) is 16.7. The molecule has 27 heavy (non-hydrogen) atoms. The Morgan fingerprint density at radius 2 is 1.89 bits per heavy atom. The molecule has 1 saturated heterocycles. The predicted octanol–water partition coefficient (Wildman–Crippen LogP) is 4.28. The molecule has 1 fully saturated rings. The molecular formula is C21H24ClN3OS. The highest BCUT2D eigenvalue weighted by molar-refractivity contribution is 7.16. The van der Waals surface area contributed by atoms with Gasteiger partial charge in [-0.05, 0) is 55.6 Å². The van der Waals surface area contributed by atoms with Gasteiger partial charge in [0, 0.05) is 18.1 Å².